The largest absolute Gasteiger partial charge is 0.439 e. The van der Waals surface area contributed by atoms with Gasteiger partial charge in [0, 0.05) is 6.07 Å². The van der Waals surface area contributed by atoms with Crippen LogP contribution in [0.25, 0.3) is 0 Å². The predicted molar refractivity (Wildman–Crippen MR) is 71.3 cm³/mol. The second-order valence-electron chi connectivity index (χ2n) is 3.42. The van der Waals surface area contributed by atoms with Gasteiger partial charge in [-0.3, -0.25) is 0 Å². The number of aromatic nitrogens is 2. The summed E-state index contributed by atoms with van der Waals surface area (Å²) in [5.41, 5.74) is 0.827. The molecule has 6 heteroatoms. The summed E-state index contributed by atoms with van der Waals surface area (Å²) >= 11 is 7.26. The SMILES string of the molecule is CSc1nc(Cl)cc(Oc2ccc(CO)cc2)n1. The summed E-state index contributed by atoms with van der Waals surface area (Å²) in [6.07, 6.45) is 1.87. The molecule has 0 unspecified atom stereocenters. The summed E-state index contributed by atoms with van der Waals surface area (Å²) in [5.74, 6) is 1.03. The molecular formula is C12H11ClN2O2S. The molecule has 1 aromatic heterocycles. The Morgan fingerprint density at radius 1 is 1.28 bits per heavy atom. The number of nitrogens with zero attached hydrogens (tertiary/aromatic N) is 2. The van der Waals surface area contributed by atoms with E-state index in [4.69, 9.17) is 21.4 Å². The van der Waals surface area contributed by atoms with E-state index in [0.717, 1.165) is 5.56 Å². The first-order chi connectivity index (χ1) is 8.71. The van der Waals surface area contributed by atoms with Crippen molar-refractivity contribution >= 4 is 23.4 Å². The lowest BCUT2D eigenvalue weighted by atomic mass is 10.2. The second kappa shape index (κ2) is 6.04. The van der Waals surface area contributed by atoms with Crippen molar-refractivity contribution in [1.82, 2.24) is 9.97 Å². The van der Waals surface area contributed by atoms with Gasteiger partial charge in [-0.15, -0.1) is 0 Å². The molecule has 18 heavy (non-hydrogen) atoms. The van der Waals surface area contributed by atoms with Crippen LogP contribution in [0.4, 0.5) is 0 Å². The van der Waals surface area contributed by atoms with Crippen LogP contribution in [0.5, 0.6) is 11.6 Å². The zero-order valence-electron chi connectivity index (χ0n) is 9.63. The van der Waals surface area contributed by atoms with Crippen LogP contribution >= 0.6 is 23.4 Å². The standard InChI is InChI=1S/C12H11ClN2O2S/c1-18-12-14-10(13)6-11(15-12)17-9-4-2-8(7-16)3-5-9/h2-6,16H,7H2,1H3. The van der Waals surface area contributed by atoms with Gasteiger partial charge in [-0.1, -0.05) is 35.5 Å². The minimum Gasteiger partial charge on any atom is -0.439 e. The third-order valence-electron chi connectivity index (χ3n) is 2.16. The molecule has 0 fully saturated rings. The van der Waals surface area contributed by atoms with Crippen molar-refractivity contribution in [3.8, 4) is 11.6 Å². The van der Waals surface area contributed by atoms with Gasteiger partial charge in [-0.25, -0.2) is 4.98 Å². The highest BCUT2D eigenvalue weighted by molar-refractivity contribution is 7.98. The van der Waals surface area contributed by atoms with Gasteiger partial charge in [0.15, 0.2) is 5.16 Å². The van der Waals surface area contributed by atoms with Crippen molar-refractivity contribution in [2.24, 2.45) is 0 Å². The van der Waals surface area contributed by atoms with Crippen LogP contribution in [-0.4, -0.2) is 21.3 Å². The topological polar surface area (TPSA) is 55.2 Å². The predicted octanol–water partition coefficient (Wildman–Crippen LogP) is 3.14. The van der Waals surface area contributed by atoms with E-state index < -0.39 is 0 Å². The van der Waals surface area contributed by atoms with E-state index in [-0.39, 0.29) is 6.61 Å². The number of rotatable bonds is 4. The summed E-state index contributed by atoms with van der Waals surface area (Å²) in [7, 11) is 0. The third kappa shape index (κ3) is 3.35. The Kier molecular flexibility index (Phi) is 4.41. The van der Waals surface area contributed by atoms with Gasteiger partial charge in [-0.05, 0) is 24.0 Å². The van der Waals surface area contributed by atoms with Gasteiger partial charge in [0.25, 0.3) is 0 Å². The van der Waals surface area contributed by atoms with E-state index in [2.05, 4.69) is 9.97 Å². The molecule has 1 aromatic carbocycles. The Bertz CT molecular complexity index is 534. The summed E-state index contributed by atoms with van der Waals surface area (Å²) < 4.78 is 5.57. The first kappa shape index (κ1) is 13.1. The smallest absolute Gasteiger partial charge is 0.224 e. The molecule has 0 aliphatic heterocycles. The molecule has 2 aromatic rings. The van der Waals surface area contributed by atoms with Crippen LogP contribution in [0.1, 0.15) is 5.56 Å². The molecule has 2 rings (SSSR count). The van der Waals surface area contributed by atoms with Gasteiger partial charge in [0.2, 0.25) is 5.88 Å². The minimum atomic E-state index is 0.0102. The maximum atomic E-state index is 8.94. The first-order valence-electron chi connectivity index (χ1n) is 5.17. The maximum Gasteiger partial charge on any atom is 0.224 e. The van der Waals surface area contributed by atoms with Gasteiger partial charge in [0.05, 0.1) is 6.61 Å². The molecule has 0 spiro atoms. The highest BCUT2D eigenvalue weighted by Gasteiger charge is 2.04. The van der Waals surface area contributed by atoms with Crippen LogP contribution in [0, 0.1) is 0 Å². The monoisotopic (exact) mass is 282 g/mol. The van der Waals surface area contributed by atoms with Crippen LogP contribution in [0.2, 0.25) is 5.15 Å². The van der Waals surface area contributed by atoms with Gasteiger partial charge in [-0.2, -0.15) is 4.98 Å². The molecule has 0 aliphatic rings. The quantitative estimate of drug-likeness (QED) is 0.530. The number of halogens is 1. The maximum absolute atomic E-state index is 8.94. The van der Waals surface area contributed by atoms with Crippen LogP contribution in [-0.2, 0) is 6.61 Å². The number of ether oxygens (including phenoxy) is 1. The zero-order valence-corrected chi connectivity index (χ0v) is 11.2. The zero-order chi connectivity index (χ0) is 13.0. The molecule has 0 atom stereocenters. The number of thioether (sulfide) groups is 1. The molecule has 0 saturated carbocycles. The Balaban J connectivity index is 2.19. The van der Waals surface area contributed by atoms with Crippen molar-refractivity contribution in [3.63, 3.8) is 0 Å². The lowest BCUT2D eigenvalue weighted by Gasteiger charge is -2.06. The number of benzene rings is 1. The molecule has 94 valence electrons. The highest BCUT2D eigenvalue weighted by Crippen LogP contribution is 2.24. The van der Waals surface area contributed by atoms with E-state index in [1.807, 2.05) is 6.26 Å². The molecule has 4 nitrogen and oxygen atoms in total. The minimum absolute atomic E-state index is 0.0102. The Morgan fingerprint density at radius 2 is 2.00 bits per heavy atom. The number of hydrogen-bond acceptors (Lipinski definition) is 5. The fourth-order valence-electron chi connectivity index (χ4n) is 1.30. The van der Waals surface area contributed by atoms with Gasteiger partial charge >= 0.3 is 0 Å². The van der Waals surface area contributed by atoms with E-state index >= 15 is 0 Å². The van der Waals surface area contributed by atoms with Crippen LogP contribution in [0.15, 0.2) is 35.5 Å². The molecule has 0 bridgehead atoms. The molecule has 0 saturated heterocycles. The van der Waals surface area contributed by atoms with Crippen molar-refractivity contribution in [3.05, 3.63) is 41.0 Å². The summed E-state index contributed by atoms with van der Waals surface area (Å²) in [6, 6.07) is 8.66. The lowest BCUT2D eigenvalue weighted by molar-refractivity contribution is 0.281. The lowest BCUT2D eigenvalue weighted by Crippen LogP contribution is -1.93. The van der Waals surface area contributed by atoms with Crippen molar-refractivity contribution in [2.45, 2.75) is 11.8 Å². The second-order valence-corrected chi connectivity index (χ2v) is 4.58. The third-order valence-corrected chi connectivity index (χ3v) is 2.90. The number of hydrogen-bond donors (Lipinski definition) is 1. The normalized spacial score (nSPS) is 10.4. The summed E-state index contributed by atoms with van der Waals surface area (Å²) in [5, 5.41) is 9.84. The van der Waals surface area contributed by atoms with Crippen molar-refractivity contribution in [1.29, 1.82) is 0 Å². The van der Waals surface area contributed by atoms with E-state index in [9.17, 15) is 0 Å². The van der Waals surface area contributed by atoms with Crippen LogP contribution in [0.3, 0.4) is 0 Å². The average Bonchev–Trinajstić information content (AvgIpc) is 2.39. The fraction of sp³-hybridized carbons (Fsp3) is 0.167. The van der Waals surface area contributed by atoms with Gasteiger partial charge < -0.3 is 9.84 Å². The molecule has 0 aliphatic carbocycles. The fourth-order valence-corrected chi connectivity index (χ4v) is 1.90. The molecule has 1 heterocycles. The van der Waals surface area contributed by atoms with E-state index in [1.54, 1.807) is 30.3 Å². The molecular weight excluding hydrogens is 272 g/mol. The Morgan fingerprint density at radius 3 is 2.61 bits per heavy atom. The summed E-state index contributed by atoms with van der Waals surface area (Å²) in [6.45, 7) is 0.0102. The van der Waals surface area contributed by atoms with Gasteiger partial charge in [0.1, 0.15) is 10.9 Å². The first-order valence-corrected chi connectivity index (χ1v) is 6.78. The molecule has 0 radical (unpaired) electrons. The average molecular weight is 283 g/mol. The Labute approximate surface area is 114 Å². The van der Waals surface area contributed by atoms with Crippen LogP contribution < -0.4 is 4.74 Å². The Hall–Kier alpha value is -1.30. The van der Waals surface area contributed by atoms with Crippen molar-refractivity contribution in [2.75, 3.05) is 6.26 Å². The van der Waals surface area contributed by atoms with Crippen molar-refractivity contribution < 1.29 is 9.84 Å². The van der Waals surface area contributed by atoms with E-state index in [1.165, 1.54) is 11.8 Å². The molecule has 1 N–H and O–H groups in total. The number of aliphatic hydroxyl groups is 1. The van der Waals surface area contributed by atoms with E-state index in [0.29, 0.717) is 21.9 Å². The highest BCUT2D eigenvalue weighted by atomic mass is 35.5. The molecule has 0 amide bonds. The number of aliphatic hydroxyl groups excluding tert-OH is 1. The summed E-state index contributed by atoms with van der Waals surface area (Å²) in [4.78, 5) is 8.21.